The first kappa shape index (κ1) is 9.39. The Labute approximate surface area is 93.0 Å². The van der Waals surface area contributed by atoms with E-state index in [1.807, 2.05) is 30.3 Å². The van der Waals surface area contributed by atoms with Crippen molar-refractivity contribution in [3.63, 3.8) is 0 Å². The second-order valence-corrected chi connectivity index (χ2v) is 4.36. The Morgan fingerprint density at radius 2 is 1.81 bits per heavy atom. The summed E-state index contributed by atoms with van der Waals surface area (Å²) in [6.45, 7) is 0. The van der Waals surface area contributed by atoms with Crippen molar-refractivity contribution in [2.24, 2.45) is 5.92 Å². The molecule has 0 bridgehead atoms. The van der Waals surface area contributed by atoms with Crippen molar-refractivity contribution in [1.82, 2.24) is 10.6 Å². The van der Waals surface area contributed by atoms with E-state index in [0.29, 0.717) is 0 Å². The van der Waals surface area contributed by atoms with Crippen molar-refractivity contribution in [3.8, 4) is 0 Å². The molecule has 1 atom stereocenters. The lowest BCUT2D eigenvalue weighted by Gasteiger charge is -2.26. The minimum Gasteiger partial charge on any atom is -0.319 e. The van der Waals surface area contributed by atoms with Gasteiger partial charge < -0.3 is 5.32 Å². The quantitative estimate of drug-likeness (QED) is 0.728. The van der Waals surface area contributed by atoms with E-state index in [0.717, 1.165) is 18.4 Å². The number of hydrogen-bond acceptors (Lipinski definition) is 2. The van der Waals surface area contributed by atoms with E-state index in [1.54, 1.807) is 0 Å². The van der Waals surface area contributed by atoms with Crippen LogP contribution in [0.3, 0.4) is 0 Å². The van der Waals surface area contributed by atoms with E-state index in [4.69, 9.17) is 0 Å². The Balaban J connectivity index is 2.10. The fraction of sp³-hybridized carbons (Fsp3) is 0.333. The van der Waals surface area contributed by atoms with Gasteiger partial charge in [0.2, 0.25) is 0 Å². The zero-order chi connectivity index (χ0) is 11.2. The van der Waals surface area contributed by atoms with Gasteiger partial charge in [-0.3, -0.25) is 10.1 Å². The maximum Gasteiger partial charge on any atom is 0.322 e. The predicted molar refractivity (Wildman–Crippen MR) is 57.5 cm³/mol. The second kappa shape index (κ2) is 3.07. The molecule has 2 aliphatic rings. The number of carbonyl (C=O) groups is 2. The summed E-state index contributed by atoms with van der Waals surface area (Å²) in [5, 5.41) is 5.13. The maximum atomic E-state index is 12.0. The van der Waals surface area contributed by atoms with Crippen molar-refractivity contribution in [3.05, 3.63) is 35.9 Å². The predicted octanol–water partition coefficient (Wildman–Crippen LogP) is 1.13. The summed E-state index contributed by atoms with van der Waals surface area (Å²) >= 11 is 0. The molecule has 1 aromatic carbocycles. The number of carbonyl (C=O) groups excluding carboxylic acids is 2. The number of imide groups is 1. The van der Waals surface area contributed by atoms with Gasteiger partial charge in [0, 0.05) is 0 Å². The molecule has 1 aliphatic carbocycles. The first-order chi connectivity index (χ1) is 7.73. The SMILES string of the molecule is O=C1NC(=O)[C@@](c2ccccc2)(C2CC2)N1. The molecule has 1 aliphatic heterocycles. The lowest BCUT2D eigenvalue weighted by atomic mass is 9.85. The number of nitrogens with one attached hydrogen (secondary N) is 2. The molecule has 4 heteroatoms. The molecule has 4 nitrogen and oxygen atoms in total. The highest BCUT2D eigenvalue weighted by Crippen LogP contribution is 2.47. The van der Waals surface area contributed by atoms with Crippen LogP contribution in [0, 0.1) is 5.92 Å². The monoisotopic (exact) mass is 216 g/mol. The molecule has 0 spiro atoms. The maximum absolute atomic E-state index is 12.0. The normalized spacial score (nSPS) is 28.8. The third-order valence-electron chi connectivity index (χ3n) is 3.31. The molecule has 16 heavy (non-hydrogen) atoms. The van der Waals surface area contributed by atoms with Crippen LogP contribution in [0.4, 0.5) is 4.79 Å². The van der Waals surface area contributed by atoms with E-state index in [2.05, 4.69) is 10.6 Å². The average Bonchev–Trinajstić information content (AvgIpc) is 3.07. The van der Waals surface area contributed by atoms with Crippen LogP contribution in [-0.2, 0) is 10.3 Å². The van der Waals surface area contributed by atoms with Gasteiger partial charge in [0.25, 0.3) is 5.91 Å². The number of hydrogen-bond donors (Lipinski definition) is 2. The van der Waals surface area contributed by atoms with E-state index >= 15 is 0 Å². The second-order valence-electron chi connectivity index (χ2n) is 4.36. The molecule has 0 unspecified atom stereocenters. The number of rotatable bonds is 2. The third-order valence-corrected chi connectivity index (χ3v) is 3.31. The van der Waals surface area contributed by atoms with Gasteiger partial charge in [-0.25, -0.2) is 4.79 Å². The van der Waals surface area contributed by atoms with Gasteiger partial charge in [-0.1, -0.05) is 30.3 Å². The molecule has 0 aromatic heterocycles. The van der Waals surface area contributed by atoms with Crippen molar-refractivity contribution < 1.29 is 9.59 Å². The first-order valence-electron chi connectivity index (χ1n) is 5.42. The fourth-order valence-corrected chi connectivity index (χ4v) is 2.41. The summed E-state index contributed by atoms with van der Waals surface area (Å²) < 4.78 is 0. The molecular formula is C12H12N2O2. The van der Waals surface area contributed by atoms with Crippen LogP contribution < -0.4 is 10.6 Å². The minimum atomic E-state index is -0.821. The first-order valence-corrected chi connectivity index (χ1v) is 5.42. The van der Waals surface area contributed by atoms with E-state index in [9.17, 15) is 9.59 Å². The summed E-state index contributed by atoms with van der Waals surface area (Å²) in [5.74, 6) is 0.0209. The standard InChI is InChI=1S/C12H12N2O2/c15-10-12(9-6-7-9,14-11(16)13-10)8-4-2-1-3-5-8/h1-5,9H,6-7H2,(H2,13,14,15,16)/t12-/m1/s1. The smallest absolute Gasteiger partial charge is 0.319 e. The van der Waals surface area contributed by atoms with Gasteiger partial charge in [0.05, 0.1) is 0 Å². The lowest BCUT2D eigenvalue weighted by Crippen LogP contribution is -2.45. The van der Waals surface area contributed by atoms with Crippen molar-refractivity contribution in [1.29, 1.82) is 0 Å². The molecule has 3 amide bonds. The molecule has 1 saturated carbocycles. The van der Waals surface area contributed by atoms with Crippen LogP contribution in [0.2, 0.25) is 0 Å². The van der Waals surface area contributed by atoms with Crippen LogP contribution in [0.1, 0.15) is 18.4 Å². The third kappa shape index (κ3) is 1.16. The zero-order valence-corrected chi connectivity index (χ0v) is 8.69. The molecule has 2 fully saturated rings. The number of benzene rings is 1. The Kier molecular flexibility index (Phi) is 1.80. The van der Waals surface area contributed by atoms with Crippen molar-refractivity contribution in [2.45, 2.75) is 18.4 Å². The average molecular weight is 216 g/mol. The highest BCUT2D eigenvalue weighted by molar-refractivity contribution is 6.07. The molecule has 3 rings (SSSR count). The Hall–Kier alpha value is -1.84. The van der Waals surface area contributed by atoms with Gasteiger partial charge >= 0.3 is 6.03 Å². The molecule has 1 aromatic rings. The Morgan fingerprint density at radius 1 is 1.12 bits per heavy atom. The Bertz CT molecular complexity index is 453. The van der Waals surface area contributed by atoms with Crippen LogP contribution in [0.15, 0.2) is 30.3 Å². The number of amides is 3. The van der Waals surface area contributed by atoms with Gasteiger partial charge in [0.1, 0.15) is 5.54 Å². The highest BCUT2D eigenvalue weighted by atomic mass is 16.2. The summed E-state index contributed by atoms with van der Waals surface area (Å²) in [7, 11) is 0. The topological polar surface area (TPSA) is 58.2 Å². The number of urea groups is 1. The Morgan fingerprint density at radius 3 is 2.31 bits per heavy atom. The van der Waals surface area contributed by atoms with E-state index in [1.165, 1.54) is 0 Å². The van der Waals surface area contributed by atoms with E-state index in [-0.39, 0.29) is 17.9 Å². The zero-order valence-electron chi connectivity index (χ0n) is 8.69. The van der Waals surface area contributed by atoms with Gasteiger partial charge in [-0.15, -0.1) is 0 Å². The van der Waals surface area contributed by atoms with Crippen molar-refractivity contribution >= 4 is 11.9 Å². The summed E-state index contributed by atoms with van der Waals surface area (Å²) in [4.78, 5) is 23.3. The lowest BCUT2D eigenvalue weighted by molar-refractivity contribution is -0.125. The minimum absolute atomic E-state index is 0.216. The molecular weight excluding hydrogens is 204 g/mol. The van der Waals surface area contributed by atoms with Crippen LogP contribution in [0.25, 0.3) is 0 Å². The van der Waals surface area contributed by atoms with Gasteiger partial charge in [-0.2, -0.15) is 0 Å². The summed E-state index contributed by atoms with van der Waals surface area (Å²) in [6.07, 6.45) is 1.98. The van der Waals surface area contributed by atoms with E-state index < -0.39 is 5.54 Å². The summed E-state index contributed by atoms with van der Waals surface area (Å²) in [5.41, 5.74) is 0.0547. The highest BCUT2D eigenvalue weighted by Gasteiger charge is 2.56. The molecule has 82 valence electrons. The van der Waals surface area contributed by atoms with Crippen molar-refractivity contribution in [2.75, 3.05) is 0 Å². The van der Waals surface area contributed by atoms with Crippen LogP contribution in [-0.4, -0.2) is 11.9 Å². The summed E-state index contributed by atoms with van der Waals surface area (Å²) in [6, 6.07) is 9.07. The largest absolute Gasteiger partial charge is 0.322 e. The van der Waals surface area contributed by atoms with Crippen LogP contribution >= 0.6 is 0 Å². The fourth-order valence-electron chi connectivity index (χ4n) is 2.41. The molecule has 0 radical (unpaired) electrons. The van der Waals surface area contributed by atoms with Gasteiger partial charge in [-0.05, 0) is 24.3 Å². The van der Waals surface area contributed by atoms with Crippen LogP contribution in [0.5, 0.6) is 0 Å². The van der Waals surface area contributed by atoms with Gasteiger partial charge in [0.15, 0.2) is 0 Å². The molecule has 1 heterocycles. The molecule has 2 N–H and O–H groups in total. The molecule has 1 saturated heterocycles.